The Labute approximate surface area is 132 Å². The lowest BCUT2D eigenvalue weighted by molar-refractivity contribution is 0.881. The van der Waals surface area contributed by atoms with Gasteiger partial charge in [0.2, 0.25) is 0 Å². The van der Waals surface area contributed by atoms with Crippen LogP contribution in [0.5, 0.6) is 0 Å². The minimum absolute atomic E-state index is 0.0864. The normalized spacial score (nSPS) is 12.3. The molecule has 3 nitrogen and oxygen atoms in total. The van der Waals surface area contributed by atoms with Crippen molar-refractivity contribution in [3.05, 3.63) is 64.8 Å². The Morgan fingerprint density at radius 3 is 2.67 bits per heavy atom. The fraction of sp³-hybridized carbons (Fsp3) is 0.118. The summed E-state index contributed by atoms with van der Waals surface area (Å²) in [7, 11) is 0. The topological polar surface area (TPSA) is 50.9 Å². The average Bonchev–Trinajstić information content (AvgIpc) is 2.49. The van der Waals surface area contributed by atoms with Crippen LogP contribution in [0.15, 0.2) is 59.2 Å². The smallest absolute Gasteiger partial charge is 0.134 e. The van der Waals surface area contributed by atoms with Gasteiger partial charge in [-0.25, -0.2) is 4.98 Å². The molecule has 0 saturated carbocycles. The third kappa shape index (κ3) is 2.72. The van der Waals surface area contributed by atoms with Gasteiger partial charge in [-0.15, -0.1) is 0 Å². The highest BCUT2D eigenvalue weighted by atomic mass is 79.9. The number of nitrogen functional groups attached to an aromatic ring is 1. The Morgan fingerprint density at radius 2 is 1.86 bits per heavy atom. The van der Waals surface area contributed by atoms with Crippen LogP contribution in [0.1, 0.15) is 18.5 Å². The molecule has 106 valence electrons. The van der Waals surface area contributed by atoms with Gasteiger partial charge in [0.1, 0.15) is 5.82 Å². The number of hydrogen-bond donors (Lipinski definition) is 2. The molecule has 2 aromatic carbocycles. The Hall–Kier alpha value is -2.07. The minimum atomic E-state index is 0.0864. The van der Waals surface area contributed by atoms with E-state index in [0.717, 1.165) is 32.3 Å². The lowest BCUT2D eigenvalue weighted by atomic mass is 10.1. The molecule has 4 heteroatoms. The molecular formula is C17H16BrN3. The first-order valence-electron chi connectivity index (χ1n) is 6.81. The lowest BCUT2D eigenvalue weighted by Crippen LogP contribution is -2.10. The van der Waals surface area contributed by atoms with E-state index < -0.39 is 0 Å². The molecule has 3 rings (SSSR count). The molecule has 0 aliphatic rings. The number of nitrogens with one attached hydrogen (secondary N) is 1. The number of hydrogen-bond acceptors (Lipinski definition) is 3. The molecule has 0 aliphatic carbocycles. The summed E-state index contributed by atoms with van der Waals surface area (Å²) in [5, 5.41) is 5.69. The monoisotopic (exact) mass is 341 g/mol. The summed E-state index contributed by atoms with van der Waals surface area (Å²) in [6.07, 6.45) is 1.82. The number of halogens is 1. The van der Waals surface area contributed by atoms with Gasteiger partial charge in [0, 0.05) is 27.1 Å². The van der Waals surface area contributed by atoms with E-state index in [-0.39, 0.29) is 6.04 Å². The molecule has 1 unspecified atom stereocenters. The van der Waals surface area contributed by atoms with Gasteiger partial charge in [-0.1, -0.05) is 46.3 Å². The van der Waals surface area contributed by atoms with Crippen LogP contribution < -0.4 is 11.1 Å². The summed E-state index contributed by atoms with van der Waals surface area (Å²) in [4.78, 5) is 4.47. The van der Waals surface area contributed by atoms with E-state index in [1.807, 2.05) is 48.7 Å². The van der Waals surface area contributed by atoms with Crippen LogP contribution >= 0.6 is 15.9 Å². The third-order valence-electron chi connectivity index (χ3n) is 3.57. The van der Waals surface area contributed by atoms with Gasteiger partial charge in [0.15, 0.2) is 0 Å². The molecule has 0 radical (unpaired) electrons. The van der Waals surface area contributed by atoms with Gasteiger partial charge < -0.3 is 11.1 Å². The summed E-state index contributed by atoms with van der Waals surface area (Å²) in [5.41, 5.74) is 7.91. The van der Waals surface area contributed by atoms with Gasteiger partial charge >= 0.3 is 0 Å². The Balaban J connectivity index is 1.99. The standard InChI is InChI=1S/C17H16BrN3/c1-11(12-5-2-3-8-16(12)19)21-17-14-6-4-7-15(18)13(14)9-10-20-17/h2-11H,19H2,1H3,(H,20,21). The van der Waals surface area contributed by atoms with Gasteiger partial charge in [0.25, 0.3) is 0 Å². The first-order chi connectivity index (χ1) is 10.2. The fourth-order valence-corrected chi connectivity index (χ4v) is 2.97. The molecule has 1 heterocycles. The van der Waals surface area contributed by atoms with Crippen LogP contribution in [-0.4, -0.2) is 4.98 Å². The van der Waals surface area contributed by atoms with E-state index in [4.69, 9.17) is 5.73 Å². The zero-order valence-corrected chi connectivity index (χ0v) is 13.3. The van der Waals surface area contributed by atoms with E-state index in [2.05, 4.69) is 39.2 Å². The predicted octanol–water partition coefficient (Wildman–Crippen LogP) is 4.75. The molecule has 3 aromatic rings. The number of fused-ring (bicyclic) bond motifs is 1. The van der Waals surface area contributed by atoms with Crippen LogP contribution in [0, 0.1) is 0 Å². The van der Waals surface area contributed by atoms with E-state index in [1.165, 1.54) is 0 Å². The SMILES string of the molecule is CC(Nc1nccc2c(Br)cccc12)c1ccccc1N. The van der Waals surface area contributed by atoms with Crippen molar-refractivity contribution in [3.8, 4) is 0 Å². The Kier molecular flexibility index (Phi) is 3.80. The van der Waals surface area contributed by atoms with Crippen LogP contribution in [0.25, 0.3) is 10.8 Å². The first-order valence-corrected chi connectivity index (χ1v) is 7.60. The molecule has 0 amide bonds. The highest BCUT2D eigenvalue weighted by Crippen LogP contribution is 2.30. The quantitative estimate of drug-likeness (QED) is 0.675. The molecule has 1 aromatic heterocycles. The van der Waals surface area contributed by atoms with Crippen LogP contribution in [-0.2, 0) is 0 Å². The molecular weight excluding hydrogens is 326 g/mol. The molecule has 21 heavy (non-hydrogen) atoms. The molecule has 0 aliphatic heterocycles. The predicted molar refractivity (Wildman–Crippen MR) is 92.3 cm³/mol. The van der Waals surface area contributed by atoms with Crippen molar-refractivity contribution in [1.29, 1.82) is 0 Å². The van der Waals surface area contributed by atoms with Gasteiger partial charge in [0.05, 0.1) is 6.04 Å². The zero-order valence-electron chi connectivity index (χ0n) is 11.7. The van der Waals surface area contributed by atoms with E-state index in [1.54, 1.807) is 0 Å². The fourth-order valence-electron chi connectivity index (χ4n) is 2.47. The summed E-state index contributed by atoms with van der Waals surface area (Å²) in [5.74, 6) is 0.865. The van der Waals surface area contributed by atoms with Gasteiger partial charge in [-0.3, -0.25) is 0 Å². The molecule has 0 saturated heterocycles. The van der Waals surface area contributed by atoms with Crippen molar-refractivity contribution >= 4 is 38.2 Å². The summed E-state index contributed by atoms with van der Waals surface area (Å²) < 4.78 is 1.07. The third-order valence-corrected chi connectivity index (χ3v) is 4.26. The van der Waals surface area contributed by atoms with Crippen LogP contribution in [0.4, 0.5) is 11.5 Å². The van der Waals surface area contributed by atoms with Crippen molar-refractivity contribution in [2.75, 3.05) is 11.1 Å². The molecule has 1 atom stereocenters. The highest BCUT2D eigenvalue weighted by molar-refractivity contribution is 9.10. The Bertz CT molecular complexity index is 786. The molecule has 0 fully saturated rings. The number of nitrogens with two attached hydrogens (primary N) is 1. The van der Waals surface area contributed by atoms with E-state index >= 15 is 0 Å². The van der Waals surface area contributed by atoms with Crippen LogP contribution in [0.3, 0.4) is 0 Å². The number of para-hydroxylation sites is 1. The minimum Gasteiger partial charge on any atom is -0.398 e. The first kappa shape index (κ1) is 13.9. The second kappa shape index (κ2) is 5.74. The number of anilines is 2. The van der Waals surface area contributed by atoms with E-state index in [9.17, 15) is 0 Å². The average molecular weight is 342 g/mol. The number of pyridine rings is 1. The highest BCUT2D eigenvalue weighted by Gasteiger charge is 2.11. The number of benzene rings is 2. The van der Waals surface area contributed by atoms with Crippen molar-refractivity contribution in [2.45, 2.75) is 13.0 Å². The molecule has 3 N–H and O–H groups in total. The number of nitrogens with zero attached hydrogens (tertiary/aromatic N) is 1. The molecule has 0 spiro atoms. The van der Waals surface area contributed by atoms with Gasteiger partial charge in [-0.05, 0) is 30.7 Å². The van der Waals surface area contributed by atoms with Crippen molar-refractivity contribution in [1.82, 2.24) is 4.98 Å². The second-order valence-electron chi connectivity index (χ2n) is 4.99. The maximum absolute atomic E-state index is 6.04. The number of aromatic nitrogens is 1. The Morgan fingerprint density at radius 1 is 1.05 bits per heavy atom. The maximum atomic E-state index is 6.04. The zero-order chi connectivity index (χ0) is 14.8. The maximum Gasteiger partial charge on any atom is 0.134 e. The van der Waals surface area contributed by atoms with Crippen molar-refractivity contribution < 1.29 is 0 Å². The van der Waals surface area contributed by atoms with Crippen molar-refractivity contribution in [3.63, 3.8) is 0 Å². The number of rotatable bonds is 3. The van der Waals surface area contributed by atoms with Crippen molar-refractivity contribution in [2.24, 2.45) is 0 Å². The molecule has 0 bridgehead atoms. The second-order valence-corrected chi connectivity index (χ2v) is 5.84. The summed E-state index contributed by atoms with van der Waals surface area (Å²) in [6.45, 7) is 2.09. The van der Waals surface area contributed by atoms with Crippen LogP contribution in [0.2, 0.25) is 0 Å². The summed E-state index contributed by atoms with van der Waals surface area (Å²) in [6, 6.07) is 16.1. The van der Waals surface area contributed by atoms with E-state index in [0.29, 0.717) is 0 Å². The largest absolute Gasteiger partial charge is 0.398 e. The lowest BCUT2D eigenvalue weighted by Gasteiger charge is -2.18. The summed E-state index contributed by atoms with van der Waals surface area (Å²) >= 11 is 3.58. The van der Waals surface area contributed by atoms with Gasteiger partial charge in [-0.2, -0.15) is 0 Å².